The van der Waals surface area contributed by atoms with Gasteiger partial charge in [0, 0.05) is 35.3 Å². The zero-order chi connectivity index (χ0) is 25.6. The first-order chi connectivity index (χ1) is 15.9. The summed E-state index contributed by atoms with van der Waals surface area (Å²) < 4.78 is 36.6. The first-order valence-electron chi connectivity index (χ1n) is 10.1. The largest absolute Gasteiger partial charge is 0.493 e. The van der Waals surface area contributed by atoms with E-state index in [4.69, 9.17) is 32.7 Å². The molecule has 0 saturated heterocycles. The van der Waals surface area contributed by atoms with Crippen LogP contribution in [0.25, 0.3) is 0 Å². The second-order valence-corrected chi connectivity index (χ2v) is 10.0. The molecule has 0 bridgehead atoms. The number of likely N-dealkylation sites (N-methyl/N-ethyl adjacent to an activating group) is 1. The van der Waals surface area contributed by atoms with Gasteiger partial charge < -0.3 is 19.7 Å². The molecule has 0 unspecified atom stereocenters. The van der Waals surface area contributed by atoms with Crippen LogP contribution in [-0.2, 0) is 26.2 Å². The minimum atomic E-state index is -3.90. The van der Waals surface area contributed by atoms with E-state index in [9.17, 15) is 18.0 Å². The minimum Gasteiger partial charge on any atom is -0.493 e. The number of nitrogens with one attached hydrogen (secondary N) is 1. The summed E-state index contributed by atoms with van der Waals surface area (Å²) in [5.74, 6) is -0.380. The molecule has 0 spiro atoms. The van der Waals surface area contributed by atoms with Crippen molar-refractivity contribution in [2.45, 2.75) is 19.5 Å². The third-order valence-electron chi connectivity index (χ3n) is 5.14. The topological polar surface area (TPSA) is 105 Å². The number of methoxy groups -OCH3 is 2. The highest BCUT2D eigenvalue weighted by Crippen LogP contribution is 2.33. The first-order valence-corrected chi connectivity index (χ1v) is 12.7. The molecular weight excluding hydrogens is 505 g/mol. The van der Waals surface area contributed by atoms with Gasteiger partial charge in [-0.25, -0.2) is 8.42 Å². The van der Waals surface area contributed by atoms with Crippen LogP contribution in [0.1, 0.15) is 12.5 Å². The monoisotopic (exact) mass is 531 g/mol. The van der Waals surface area contributed by atoms with Crippen molar-refractivity contribution in [3.05, 3.63) is 52.0 Å². The molecule has 2 aromatic carbocycles. The average molecular weight is 532 g/mol. The second-order valence-electron chi connectivity index (χ2n) is 7.32. The van der Waals surface area contributed by atoms with Crippen LogP contribution < -0.4 is 19.1 Å². The molecule has 0 aliphatic carbocycles. The number of carbonyl (C=O) groups is 2. The predicted molar refractivity (Wildman–Crippen MR) is 132 cm³/mol. The molecule has 0 aliphatic heterocycles. The van der Waals surface area contributed by atoms with Gasteiger partial charge in [0.1, 0.15) is 12.6 Å². The maximum atomic E-state index is 13.4. The van der Waals surface area contributed by atoms with Gasteiger partial charge in [0.25, 0.3) is 0 Å². The number of halogens is 2. The SMILES string of the molecule is CNC(=O)[C@H](C)N(Cc1c(Cl)cccc1Cl)C(=O)CN(c1ccc(OC)c(OC)c1)S(C)(=O)=O. The molecule has 0 radical (unpaired) electrons. The highest BCUT2D eigenvalue weighted by atomic mass is 35.5. The molecule has 1 N–H and O–H groups in total. The summed E-state index contributed by atoms with van der Waals surface area (Å²) in [5, 5.41) is 3.13. The molecular formula is C22H27Cl2N3O6S. The highest BCUT2D eigenvalue weighted by Gasteiger charge is 2.31. The molecule has 2 amide bonds. The van der Waals surface area contributed by atoms with Crippen molar-refractivity contribution < 1.29 is 27.5 Å². The zero-order valence-corrected chi connectivity index (χ0v) is 21.8. The fraction of sp³-hybridized carbons (Fsp3) is 0.364. The summed E-state index contributed by atoms with van der Waals surface area (Å²) in [6, 6.07) is 8.43. The normalized spacial score (nSPS) is 12.0. The first kappa shape index (κ1) is 27.6. The van der Waals surface area contributed by atoms with E-state index in [0.717, 1.165) is 10.6 Å². The van der Waals surface area contributed by atoms with E-state index in [2.05, 4.69) is 5.32 Å². The number of ether oxygens (including phenoxy) is 2. The van der Waals surface area contributed by atoms with E-state index in [-0.39, 0.29) is 12.2 Å². The van der Waals surface area contributed by atoms with Crippen LogP contribution in [0.2, 0.25) is 10.0 Å². The summed E-state index contributed by atoms with van der Waals surface area (Å²) in [5.41, 5.74) is 0.629. The van der Waals surface area contributed by atoms with Gasteiger partial charge in [0.05, 0.1) is 26.2 Å². The number of hydrogen-bond donors (Lipinski definition) is 1. The van der Waals surface area contributed by atoms with Gasteiger partial charge in [-0.3, -0.25) is 13.9 Å². The number of rotatable bonds is 10. The number of carbonyl (C=O) groups excluding carboxylic acids is 2. The van der Waals surface area contributed by atoms with Gasteiger partial charge in [-0.05, 0) is 31.2 Å². The lowest BCUT2D eigenvalue weighted by molar-refractivity contribution is -0.139. The Morgan fingerprint density at radius 1 is 1.06 bits per heavy atom. The van der Waals surface area contributed by atoms with Crippen molar-refractivity contribution in [3.63, 3.8) is 0 Å². The molecule has 1 atom stereocenters. The van der Waals surface area contributed by atoms with Crippen LogP contribution in [0.3, 0.4) is 0 Å². The van der Waals surface area contributed by atoms with Crippen LogP contribution >= 0.6 is 23.2 Å². The number of anilines is 1. The Kier molecular flexibility index (Phi) is 9.43. The van der Waals surface area contributed by atoms with Gasteiger partial charge >= 0.3 is 0 Å². The van der Waals surface area contributed by atoms with Crippen LogP contribution in [0.4, 0.5) is 5.69 Å². The second kappa shape index (κ2) is 11.6. The third kappa shape index (κ3) is 6.46. The summed E-state index contributed by atoms with van der Waals surface area (Å²) >= 11 is 12.6. The molecule has 12 heteroatoms. The van der Waals surface area contributed by atoms with E-state index in [0.29, 0.717) is 27.1 Å². The van der Waals surface area contributed by atoms with E-state index in [1.807, 2.05) is 0 Å². The zero-order valence-electron chi connectivity index (χ0n) is 19.5. The number of nitrogens with zero attached hydrogens (tertiary/aromatic N) is 2. The van der Waals surface area contributed by atoms with Crippen LogP contribution in [0.15, 0.2) is 36.4 Å². The van der Waals surface area contributed by atoms with E-state index >= 15 is 0 Å². The van der Waals surface area contributed by atoms with Gasteiger partial charge in [-0.2, -0.15) is 0 Å². The smallest absolute Gasteiger partial charge is 0.244 e. The molecule has 0 saturated carbocycles. The van der Waals surface area contributed by atoms with Gasteiger partial charge in [-0.1, -0.05) is 29.3 Å². The lowest BCUT2D eigenvalue weighted by atomic mass is 10.1. The Bertz CT molecular complexity index is 1140. The predicted octanol–water partition coefficient (Wildman–Crippen LogP) is 2.94. The standard InChI is InChI=1S/C22H27Cl2N3O6S/c1-14(22(29)25-2)26(12-16-17(23)7-6-8-18(16)24)21(28)13-27(34(5,30)31)15-9-10-19(32-3)20(11-15)33-4/h6-11,14H,12-13H2,1-5H3,(H,25,29)/t14-/m0/s1. The van der Waals surface area contributed by atoms with Crippen molar-refractivity contribution in [1.82, 2.24) is 10.2 Å². The highest BCUT2D eigenvalue weighted by molar-refractivity contribution is 7.92. The van der Waals surface area contributed by atoms with Gasteiger partial charge in [-0.15, -0.1) is 0 Å². The molecule has 186 valence electrons. The lowest BCUT2D eigenvalue weighted by Gasteiger charge is -2.31. The maximum Gasteiger partial charge on any atom is 0.244 e. The number of amides is 2. The summed E-state index contributed by atoms with van der Waals surface area (Å²) in [7, 11) is 0.412. The third-order valence-corrected chi connectivity index (χ3v) is 6.99. The molecule has 2 aromatic rings. The van der Waals surface area contributed by atoms with Gasteiger partial charge in [0.2, 0.25) is 21.8 Å². The molecule has 0 fully saturated rings. The Hall–Kier alpha value is -2.69. The van der Waals surface area contributed by atoms with Gasteiger partial charge in [0.15, 0.2) is 11.5 Å². The van der Waals surface area contributed by atoms with E-state index in [1.165, 1.54) is 51.3 Å². The lowest BCUT2D eigenvalue weighted by Crippen LogP contribution is -2.50. The van der Waals surface area contributed by atoms with E-state index in [1.54, 1.807) is 18.2 Å². The number of sulfonamides is 1. The Balaban J connectivity index is 2.48. The quantitative estimate of drug-likeness (QED) is 0.505. The van der Waals surface area contributed by atoms with Crippen molar-refractivity contribution in [1.29, 1.82) is 0 Å². The number of benzene rings is 2. The van der Waals surface area contributed by atoms with Crippen LogP contribution in [-0.4, -0.2) is 65.2 Å². The Labute approximate surface area is 209 Å². The molecule has 2 rings (SSSR count). The van der Waals surface area contributed by atoms with Crippen molar-refractivity contribution in [2.24, 2.45) is 0 Å². The summed E-state index contributed by atoms with van der Waals surface area (Å²) in [6.45, 7) is 0.857. The average Bonchev–Trinajstić information content (AvgIpc) is 2.80. The fourth-order valence-electron chi connectivity index (χ4n) is 3.24. The Morgan fingerprint density at radius 2 is 1.65 bits per heavy atom. The maximum absolute atomic E-state index is 13.4. The summed E-state index contributed by atoms with van der Waals surface area (Å²) in [6.07, 6.45) is 0.981. The number of hydrogen-bond acceptors (Lipinski definition) is 6. The van der Waals surface area contributed by atoms with Crippen molar-refractivity contribution >= 4 is 50.7 Å². The molecule has 34 heavy (non-hydrogen) atoms. The Morgan fingerprint density at radius 3 is 2.15 bits per heavy atom. The van der Waals surface area contributed by atoms with Crippen LogP contribution in [0.5, 0.6) is 11.5 Å². The van der Waals surface area contributed by atoms with E-state index < -0.39 is 34.4 Å². The molecule has 0 heterocycles. The van der Waals surface area contributed by atoms with Crippen molar-refractivity contribution in [3.8, 4) is 11.5 Å². The van der Waals surface area contributed by atoms with Crippen molar-refractivity contribution in [2.75, 3.05) is 38.4 Å². The molecule has 0 aliphatic rings. The molecule has 0 aromatic heterocycles. The van der Waals surface area contributed by atoms with Crippen LogP contribution in [0, 0.1) is 0 Å². The minimum absolute atomic E-state index is 0.102. The fourth-order valence-corrected chi connectivity index (χ4v) is 4.60. The molecule has 9 nitrogen and oxygen atoms in total. The summed E-state index contributed by atoms with van der Waals surface area (Å²) in [4.78, 5) is 27.1.